The summed E-state index contributed by atoms with van der Waals surface area (Å²) in [6.07, 6.45) is 1.44. The van der Waals surface area contributed by atoms with Crippen LogP contribution in [0.15, 0.2) is 40.8 Å². The molecule has 2 heterocycles. The molecule has 1 aromatic carbocycles. The number of halogens is 1. The van der Waals surface area contributed by atoms with Crippen LogP contribution in [-0.2, 0) is 24.3 Å². The molecule has 0 unspecified atom stereocenters. The number of carbonyl (C=O) groups excluding carboxylic acids is 1. The van der Waals surface area contributed by atoms with Gasteiger partial charge in [0.1, 0.15) is 11.5 Å². The second-order valence-corrected chi connectivity index (χ2v) is 7.74. The van der Waals surface area contributed by atoms with Crippen LogP contribution in [0.3, 0.4) is 0 Å². The fourth-order valence-corrected chi connectivity index (χ4v) is 3.57. The van der Waals surface area contributed by atoms with Gasteiger partial charge < -0.3 is 9.32 Å². The summed E-state index contributed by atoms with van der Waals surface area (Å²) in [4.78, 5) is 14.3. The van der Waals surface area contributed by atoms with Crippen LogP contribution in [0.5, 0.6) is 0 Å². The lowest BCUT2D eigenvalue weighted by molar-refractivity contribution is -0.130. The van der Waals surface area contributed by atoms with Crippen molar-refractivity contribution < 1.29 is 9.21 Å². The van der Waals surface area contributed by atoms with Crippen molar-refractivity contribution in [3.05, 3.63) is 64.1 Å². The van der Waals surface area contributed by atoms with Crippen molar-refractivity contribution >= 4 is 17.5 Å². The smallest absolute Gasteiger partial charge is 0.223 e. The largest absolute Gasteiger partial charge is 0.459 e. The molecule has 156 valence electrons. The van der Waals surface area contributed by atoms with E-state index in [2.05, 4.69) is 11.2 Å². The molecule has 3 aromatic rings. The molecule has 30 heavy (non-hydrogen) atoms. The van der Waals surface area contributed by atoms with E-state index in [0.29, 0.717) is 37.4 Å². The zero-order chi connectivity index (χ0) is 21.7. The van der Waals surface area contributed by atoms with Gasteiger partial charge in [-0.15, -0.1) is 0 Å². The Morgan fingerprint density at radius 1 is 1.23 bits per heavy atom. The topological polar surface area (TPSA) is 75.1 Å². The quantitative estimate of drug-likeness (QED) is 0.514. The predicted molar refractivity (Wildman–Crippen MR) is 116 cm³/mol. The average Bonchev–Trinajstić information content (AvgIpc) is 3.29. The van der Waals surface area contributed by atoms with E-state index in [1.54, 1.807) is 11.9 Å². The summed E-state index contributed by atoms with van der Waals surface area (Å²) >= 11 is 5.93. The molecule has 0 N–H and O–H groups in total. The number of nitrogens with zero attached hydrogens (tertiary/aromatic N) is 4. The number of hydrogen-bond acceptors (Lipinski definition) is 4. The van der Waals surface area contributed by atoms with Gasteiger partial charge in [-0.3, -0.25) is 9.48 Å². The first-order valence-corrected chi connectivity index (χ1v) is 10.2. The Morgan fingerprint density at radius 2 is 1.97 bits per heavy atom. The molecular formula is C23H25ClN4O2. The standard InChI is InChI=1S/C23H25ClN4O2/c1-16-21(17(2)28(26-16)14-4-13-25)10-12-23(29)27(3)15-20-9-11-22(30-20)18-5-7-19(24)8-6-18/h5-9,11H,4,10,12,14-15H2,1-3H3. The van der Waals surface area contributed by atoms with Gasteiger partial charge in [0, 0.05) is 29.7 Å². The molecule has 1 amide bonds. The molecule has 0 spiro atoms. The van der Waals surface area contributed by atoms with E-state index in [9.17, 15) is 4.79 Å². The lowest BCUT2D eigenvalue weighted by atomic mass is 10.1. The van der Waals surface area contributed by atoms with Crippen molar-refractivity contribution in [2.75, 3.05) is 7.05 Å². The molecule has 0 fully saturated rings. The number of amides is 1. The van der Waals surface area contributed by atoms with E-state index in [1.807, 2.05) is 54.9 Å². The van der Waals surface area contributed by atoms with Crippen LogP contribution in [-0.4, -0.2) is 27.6 Å². The monoisotopic (exact) mass is 424 g/mol. The minimum atomic E-state index is 0.0445. The summed E-state index contributed by atoms with van der Waals surface area (Å²) in [6, 6.07) is 13.4. The Hall–Kier alpha value is -3.04. The van der Waals surface area contributed by atoms with Gasteiger partial charge in [0.25, 0.3) is 0 Å². The summed E-state index contributed by atoms with van der Waals surface area (Å²) in [5.74, 6) is 1.52. The van der Waals surface area contributed by atoms with Gasteiger partial charge in [-0.05, 0) is 62.2 Å². The molecule has 0 atom stereocenters. The number of aromatic nitrogens is 2. The summed E-state index contributed by atoms with van der Waals surface area (Å²) < 4.78 is 7.75. The summed E-state index contributed by atoms with van der Waals surface area (Å²) in [5.41, 5.74) is 3.97. The molecule has 0 saturated carbocycles. The minimum absolute atomic E-state index is 0.0445. The van der Waals surface area contributed by atoms with Crippen molar-refractivity contribution in [2.45, 2.75) is 46.2 Å². The Labute approximate surface area is 181 Å². The van der Waals surface area contributed by atoms with E-state index in [4.69, 9.17) is 21.3 Å². The molecule has 0 bridgehead atoms. The van der Waals surface area contributed by atoms with Crippen molar-refractivity contribution in [3.63, 3.8) is 0 Å². The van der Waals surface area contributed by atoms with E-state index in [1.165, 1.54) is 0 Å². The van der Waals surface area contributed by atoms with Gasteiger partial charge in [-0.2, -0.15) is 10.4 Å². The van der Waals surface area contributed by atoms with Crippen LogP contribution in [0.4, 0.5) is 0 Å². The van der Waals surface area contributed by atoms with Gasteiger partial charge in [0.15, 0.2) is 0 Å². The fourth-order valence-electron chi connectivity index (χ4n) is 3.45. The molecule has 0 aliphatic carbocycles. The molecule has 0 saturated heterocycles. The van der Waals surface area contributed by atoms with E-state index in [0.717, 1.165) is 34.0 Å². The summed E-state index contributed by atoms with van der Waals surface area (Å²) in [5, 5.41) is 13.9. The van der Waals surface area contributed by atoms with E-state index < -0.39 is 0 Å². The van der Waals surface area contributed by atoms with Crippen LogP contribution in [0.1, 0.15) is 35.6 Å². The maximum Gasteiger partial charge on any atom is 0.223 e. The Kier molecular flexibility index (Phi) is 6.96. The number of aryl methyl sites for hydroxylation is 2. The number of nitriles is 1. The van der Waals surface area contributed by atoms with Crippen molar-refractivity contribution in [1.29, 1.82) is 5.26 Å². The predicted octanol–water partition coefficient (Wildman–Crippen LogP) is 4.92. The minimum Gasteiger partial charge on any atom is -0.459 e. The maximum absolute atomic E-state index is 12.6. The first-order valence-electron chi connectivity index (χ1n) is 9.87. The molecule has 3 rings (SSSR count). The first kappa shape index (κ1) is 21.7. The van der Waals surface area contributed by atoms with Crippen LogP contribution in [0.2, 0.25) is 5.02 Å². The molecule has 6 nitrogen and oxygen atoms in total. The van der Waals surface area contributed by atoms with Crippen molar-refractivity contribution in [1.82, 2.24) is 14.7 Å². The second-order valence-electron chi connectivity index (χ2n) is 7.30. The molecule has 2 aromatic heterocycles. The van der Waals surface area contributed by atoms with Gasteiger partial charge in [-0.25, -0.2) is 0 Å². The third-order valence-electron chi connectivity index (χ3n) is 5.16. The molecule has 0 aliphatic rings. The Balaban J connectivity index is 1.57. The number of carbonyl (C=O) groups is 1. The molecular weight excluding hydrogens is 400 g/mol. The van der Waals surface area contributed by atoms with Gasteiger partial charge in [0.2, 0.25) is 5.91 Å². The normalized spacial score (nSPS) is 10.8. The van der Waals surface area contributed by atoms with Crippen LogP contribution in [0.25, 0.3) is 11.3 Å². The summed E-state index contributed by atoms with van der Waals surface area (Å²) in [6.45, 7) is 4.92. The third kappa shape index (κ3) is 5.11. The first-order chi connectivity index (χ1) is 14.4. The highest BCUT2D eigenvalue weighted by molar-refractivity contribution is 6.30. The number of benzene rings is 1. The van der Waals surface area contributed by atoms with E-state index >= 15 is 0 Å². The Bertz CT molecular complexity index is 1060. The SMILES string of the molecule is Cc1nn(CCC#N)c(C)c1CCC(=O)N(C)Cc1ccc(-c2ccc(Cl)cc2)o1. The summed E-state index contributed by atoms with van der Waals surface area (Å²) in [7, 11) is 1.78. The van der Waals surface area contributed by atoms with Gasteiger partial charge >= 0.3 is 0 Å². The number of hydrogen-bond donors (Lipinski definition) is 0. The third-order valence-corrected chi connectivity index (χ3v) is 5.42. The van der Waals surface area contributed by atoms with Crippen LogP contribution >= 0.6 is 11.6 Å². The second kappa shape index (κ2) is 9.64. The number of furan rings is 1. The van der Waals surface area contributed by atoms with Crippen LogP contribution < -0.4 is 0 Å². The number of rotatable bonds is 8. The highest BCUT2D eigenvalue weighted by Crippen LogP contribution is 2.24. The molecule has 0 aliphatic heterocycles. The van der Waals surface area contributed by atoms with E-state index in [-0.39, 0.29) is 5.91 Å². The van der Waals surface area contributed by atoms with Gasteiger partial charge in [-0.1, -0.05) is 11.6 Å². The lowest BCUT2D eigenvalue weighted by Crippen LogP contribution is -2.26. The highest BCUT2D eigenvalue weighted by Gasteiger charge is 2.16. The van der Waals surface area contributed by atoms with Crippen molar-refractivity contribution in [3.8, 4) is 17.4 Å². The van der Waals surface area contributed by atoms with Crippen LogP contribution in [0, 0.1) is 25.2 Å². The fraction of sp³-hybridized carbons (Fsp3) is 0.348. The van der Waals surface area contributed by atoms with Gasteiger partial charge in [0.05, 0.1) is 31.3 Å². The zero-order valence-electron chi connectivity index (χ0n) is 17.5. The lowest BCUT2D eigenvalue weighted by Gasteiger charge is -2.16. The Morgan fingerprint density at radius 3 is 2.67 bits per heavy atom. The average molecular weight is 425 g/mol. The maximum atomic E-state index is 12.6. The highest BCUT2D eigenvalue weighted by atomic mass is 35.5. The molecule has 0 radical (unpaired) electrons. The van der Waals surface area contributed by atoms with Crippen molar-refractivity contribution in [2.24, 2.45) is 0 Å². The molecule has 7 heteroatoms. The zero-order valence-corrected chi connectivity index (χ0v) is 18.2.